The van der Waals surface area contributed by atoms with Gasteiger partial charge in [-0.2, -0.15) is 0 Å². The van der Waals surface area contributed by atoms with Crippen molar-refractivity contribution in [1.82, 2.24) is 0 Å². The van der Waals surface area contributed by atoms with Gasteiger partial charge < -0.3 is 10.1 Å². The molecule has 1 heterocycles. The van der Waals surface area contributed by atoms with Crippen LogP contribution in [0, 0.1) is 12.1 Å². The van der Waals surface area contributed by atoms with Crippen LogP contribution in [-0.4, -0.2) is 14.1 Å². The van der Waals surface area contributed by atoms with Crippen molar-refractivity contribution in [3.8, 4) is 0 Å². The summed E-state index contributed by atoms with van der Waals surface area (Å²) >= 11 is 0. The summed E-state index contributed by atoms with van der Waals surface area (Å²) in [6.45, 7) is 1.73. The van der Waals surface area contributed by atoms with Crippen LogP contribution in [0.2, 0.25) is 0 Å². The number of aromatic nitrogens is 1. The standard InChI is InChI=1S/C14H16N4O.CH4/c1-11-5-4-6-14(18(11)19)16-15-12-7-9-13(10-8-12)17(2)3;/h4-10H,1-3H3;1H4. The van der Waals surface area contributed by atoms with Crippen LogP contribution < -0.4 is 9.63 Å². The number of benzene rings is 1. The fraction of sp³-hybridized carbons (Fsp3) is 0.267. The quantitative estimate of drug-likeness (QED) is 0.485. The number of pyridine rings is 1. The highest BCUT2D eigenvalue weighted by atomic mass is 16.5. The second-order valence-electron chi connectivity index (χ2n) is 4.43. The van der Waals surface area contributed by atoms with E-state index in [4.69, 9.17) is 0 Å². The molecule has 5 heteroatoms. The lowest BCUT2D eigenvalue weighted by Gasteiger charge is -2.11. The Balaban J connectivity index is 0.00000200. The summed E-state index contributed by atoms with van der Waals surface area (Å²) in [5.74, 6) is 0.289. The highest BCUT2D eigenvalue weighted by Crippen LogP contribution is 2.19. The maximum atomic E-state index is 11.7. The number of aryl methyl sites for hydroxylation is 1. The van der Waals surface area contributed by atoms with Crippen LogP contribution >= 0.6 is 0 Å². The number of nitrogens with zero attached hydrogens (tertiary/aromatic N) is 4. The van der Waals surface area contributed by atoms with Gasteiger partial charge in [-0.05, 0) is 48.4 Å². The van der Waals surface area contributed by atoms with E-state index in [-0.39, 0.29) is 13.2 Å². The van der Waals surface area contributed by atoms with E-state index in [1.807, 2.05) is 43.3 Å². The summed E-state index contributed by atoms with van der Waals surface area (Å²) < 4.78 is 0.762. The molecule has 0 unspecified atom stereocenters. The largest absolute Gasteiger partial charge is 0.710 e. The van der Waals surface area contributed by atoms with Crippen molar-refractivity contribution in [2.24, 2.45) is 10.2 Å². The van der Waals surface area contributed by atoms with E-state index >= 15 is 0 Å². The minimum atomic E-state index is 0. The lowest BCUT2D eigenvalue weighted by molar-refractivity contribution is -0.598. The Morgan fingerprint density at radius 2 is 1.65 bits per heavy atom. The number of hydrogen-bond donors (Lipinski definition) is 0. The predicted octanol–water partition coefficient (Wildman–Crippen LogP) is 3.75. The van der Waals surface area contributed by atoms with Crippen LogP contribution in [0.5, 0.6) is 0 Å². The Hall–Kier alpha value is -2.43. The smallest absolute Gasteiger partial charge is 0.353 e. The summed E-state index contributed by atoms with van der Waals surface area (Å²) in [5.41, 5.74) is 2.40. The molecule has 2 aromatic rings. The van der Waals surface area contributed by atoms with Gasteiger partial charge in [0.25, 0.3) is 0 Å². The molecule has 1 aromatic heterocycles. The molecule has 0 bridgehead atoms. The van der Waals surface area contributed by atoms with Gasteiger partial charge in [0, 0.05) is 25.8 Å². The number of anilines is 1. The van der Waals surface area contributed by atoms with Gasteiger partial charge >= 0.3 is 5.82 Å². The molecule has 0 aliphatic heterocycles. The Kier molecular flexibility index (Phi) is 5.20. The van der Waals surface area contributed by atoms with Crippen molar-refractivity contribution in [2.75, 3.05) is 19.0 Å². The van der Waals surface area contributed by atoms with E-state index in [1.54, 1.807) is 25.1 Å². The highest BCUT2D eigenvalue weighted by Gasteiger charge is 2.05. The minimum Gasteiger partial charge on any atom is -0.710 e. The molecular formula is C15H20N4O. The first-order valence-electron chi connectivity index (χ1n) is 5.96. The minimum absolute atomic E-state index is 0. The van der Waals surface area contributed by atoms with Gasteiger partial charge in [0.1, 0.15) is 11.4 Å². The summed E-state index contributed by atoms with van der Waals surface area (Å²) in [6.07, 6.45) is 0. The highest BCUT2D eigenvalue weighted by molar-refractivity contribution is 5.51. The van der Waals surface area contributed by atoms with Gasteiger partial charge in [-0.15, -0.1) is 0 Å². The van der Waals surface area contributed by atoms with Crippen molar-refractivity contribution in [1.29, 1.82) is 0 Å². The van der Waals surface area contributed by atoms with Gasteiger partial charge in [-0.1, -0.05) is 7.43 Å². The molecule has 0 saturated heterocycles. The predicted molar refractivity (Wildman–Crippen MR) is 81.8 cm³/mol. The van der Waals surface area contributed by atoms with Crippen LogP contribution in [0.25, 0.3) is 0 Å². The third kappa shape index (κ3) is 3.54. The number of azo groups is 1. The van der Waals surface area contributed by atoms with Crippen molar-refractivity contribution in [3.05, 3.63) is 53.4 Å². The molecule has 2 rings (SSSR count). The summed E-state index contributed by atoms with van der Waals surface area (Å²) in [4.78, 5) is 2.01. The average molecular weight is 272 g/mol. The van der Waals surface area contributed by atoms with Crippen LogP contribution in [0.15, 0.2) is 52.7 Å². The molecule has 0 aliphatic carbocycles. The van der Waals surface area contributed by atoms with Crippen LogP contribution in [0.3, 0.4) is 0 Å². The van der Waals surface area contributed by atoms with Crippen molar-refractivity contribution >= 4 is 17.2 Å². The van der Waals surface area contributed by atoms with E-state index in [1.165, 1.54) is 0 Å². The molecule has 106 valence electrons. The van der Waals surface area contributed by atoms with Gasteiger partial charge in [0.05, 0.1) is 5.11 Å². The SMILES string of the molecule is C.Cc1cccc(N=Nc2ccc(N(C)C)cc2)[n+]1[O-]. The Morgan fingerprint density at radius 1 is 1.00 bits per heavy atom. The fourth-order valence-corrected chi connectivity index (χ4v) is 1.59. The first-order valence-corrected chi connectivity index (χ1v) is 5.96. The zero-order valence-electron chi connectivity index (χ0n) is 11.2. The molecule has 0 saturated carbocycles. The van der Waals surface area contributed by atoms with E-state index in [0.717, 1.165) is 10.4 Å². The molecule has 0 amide bonds. The monoisotopic (exact) mass is 272 g/mol. The average Bonchev–Trinajstić information content (AvgIpc) is 2.41. The zero-order chi connectivity index (χ0) is 13.8. The van der Waals surface area contributed by atoms with E-state index in [2.05, 4.69) is 10.2 Å². The number of hydrogen-bond acceptors (Lipinski definition) is 4. The summed E-state index contributed by atoms with van der Waals surface area (Å²) in [6, 6.07) is 12.8. The lowest BCUT2D eigenvalue weighted by atomic mass is 10.3. The third-order valence-corrected chi connectivity index (χ3v) is 2.75. The third-order valence-electron chi connectivity index (χ3n) is 2.75. The lowest BCUT2D eigenvalue weighted by Crippen LogP contribution is -2.29. The summed E-state index contributed by atoms with van der Waals surface area (Å²) in [5, 5.41) is 19.7. The van der Waals surface area contributed by atoms with Gasteiger partial charge in [0.2, 0.25) is 0 Å². The van der Waals surface area contributed by atoms with E-state index in [9.17, 15) is 5.21 Å². The first-order chi connectivity index (χ1) is 9.08. The van der Waals surface area contributed by atoms with Crippen LogP contribution in [0.1, 0.15) is 13.1 Å². The Morgan fingerprint density at radius 3 is 2.25 bits per heavy atom. The normalized spacial score (nSPS) is 10.3. The maximum absolute atomic E-state index is 11.7. The number of rotatable bonds is 3. The fourth-order valence-electron chi connectivity index (χ4n) is 1.59. The molecule has 5 nitrogen and oxygen atoms in total. The first kappa shape index (κ1) is 15.6. The van der Waals surface area contributed by atoms with Crippen molar-refractivity contribution in [3.63, 3.8) is 0 Å². The van der Waals surface area contributed by atoms with Crippen LogP contribution in [-0.2, 0) is 0 Å². The van der Waals surface area contributed by atoms with Gasteiger partial charge in [0.15, 0.2) is 0 Å². The Labute approximate surface area is 119 Å². The molecule has 0 aliphatic rings. The molecule has 0 spiro atoms. The molecule has 0 atom stereocenters. The molecular weight excluding hydrogens is 252 g/mol. The second-order valence-corrected chi connectivity index (χ2v) is 4.43. The molecule has 1 aromatic carbocycles. The second kappa shape index (κ2) is 6.65. The van der Waals surface area contributed by atoms with Gasteiger partial charge in [-0.3, -0.25) is 0 Å². The molecule has 0 fully saturated rings. The summed E-state index contributed by atoms with van der Waals surface area (Å²) in [7, 11) is 3.95. The molecule has 20 heavy (non-hydrogen) atoms. The molecule has 0 radical (unpaired) electrons. The topological polar surface area (TPSA) is 54.9 Å². The van der Waals surface area contributed by atoms with E-state index < -0.39 is 0 Å². The van der Waals surface area contributed by atoms with Gasteiger partial charge in [-0.25, -0.2) is 4.73 Å². The van der Waals surface area contributed by atoms with Crippen LogP contribution in [0.4, 0.5) is 17.2 Å². The van der Waals surface area contributed by atoms with Crippen molar-refractivity contribution < 1.29 is 4.73 Å². The molecule has 0 N–H and O–H groups in total. The van der Waals surface area contributed by atoms with Crippen molar-refractivity contribution in [2.45, 2.75) is 14.4 Å². The van der Waals surface area contributed by atoms with E-state index in [0.29, 0.717) is 11.4 Å². The Bertz CT molecular complexity index is 591. The maximum Gasteiger partial charge on any atom is 0.353 e. The zero-order valence-corrected chi connectivity index (χ0v) is 11.2.